The molecule has 13 heteroatoms. The third-order valence-electron chi connectivity index (χ3n) is 8.71. The molecule has 0 bridgehead atoms. The van der Waals surface area contributed by atoms with Gasteiger partial charge >= 0.3 is 6.18 Å². The topological polar surface area (TPSA) is 114 Å². The van der Waals surface area contributed by atoms with Crippen molar-refractivity contribution >= 4 is 34.2 Å². The van der Waals surface area contributed by atoms with Crippen molar-refractivity contribution < 1.29 is 27.5 Å². The minimum absolute atomic E-state index is 0.0181. The number of hydrogen-bond donors (Lipinski definition) is 2. The van der Waals surface area contributed by atoms with Crippen molar-refractivity contribution in [3.8, 4) is 23.0 Å². The number of benzene rings is 2. The summed E-state index contributed by atoms with van der Waals surface area (Å²) in [5, 5.41) is 5.50. The smallest absolute Gasteiger partial charge is 0.418 e. The SMILES string of the molecule is CCC(=O)NCC1CCN(c2ccc(NC(=O)c3ccc(C)c(Oc4nc(-c5ccncc5)nc5ccn(C)c45)c3)cc2C(F)(F)F)CC1. The lowest BCUT2D eigenvalue weighted by Crippen LogP contribution is -2.39. The lowest BCUT2D eigenvalue weighted by molar-refractivity contribution is -0.137. The van der Waals surface area contributed by atoms with Crippen LogP contribution in [0.2, 0.25) is 0 Å². The van der Waals surface area contributed by atoms with E-state index in [1.165, 1.54) is 12.1 Å². The van der Waals surface area contributed by atoms with Crippen LogP contribution in [0.25, 0.3) is 22.4 Å². The van der Waals surface area contributed by atoms with E-state index < -0.39 is 17.6 Å². The van der Waals surface area contributed by atoms with E-state index in [0.29, 0.717) is 61.5 Å². The lowest BCUT2D eigenvalue weighted by atomic mass is 9.95. The number of carbonyl (C=O) groups excluding carboxylic acids is 2. The van der Waals surface area contributed by atoms with Crippen LogP contribution in [0.5, 0.6) is 11.6 Å². The monoisotopic (exact) mass is 671 g/mol. The molecular formula is C36H36F3N7O3. The maximum Gasteiger partial charge on any atom is 0.418 e. The number of amides is 2. The predicted molar refractivity (Wildman–Crippen MR) is 181 cm³/mol. The van der Waals surface area contributed by atoms with Crippen molar-refractivity contribution in [2.45, 2.75) is 39.3 Å². The summed E-state index contributed by atoms with van der Waals surface area (Å²) in [6.45, 7) is 4.98. The molecule has 1 fully saturated rings. The molecule has 2 N–H and O–H groups in total. The minimum Gasteiger partial charge on any atom is -0.437 e. The molecule has 4 heterocycles. The van der Waals surface area contributed by atoms with Crippen LogP contribution in [0.15, 0.2) is 73.2 Å². The Kier molecular flexibility index (Phi) is 9.52. The zero-order chi connectivity index (χ0) is 34.7. The summed E-state index contributed by atoms with van der Waals surface area (Å²) >= 11 is 0. The van der Waals surface area contributed by atoms with E-state index in [1.54, 1.807) is 54.5 Å². The van der Waals surface area contributed by atoms with Gasteiger partial charge in [0.1, 0.15) is 11.3 Å². The number of anilines is 2. The molecule has 2 aromatic carbocycles. The molecule has 3 aromatic heterocycles. The Morgan fingerprint density at radius 2 is 1.76 bits per heavy atom. The van der Waals surface area contributed by atoms with Crippen LogP contribution in [0.3, 0.4) is 0 Å². The normalized spacial score (nSPS) is 13.8. The number of aromatic nitrogens is 4. The van der Waals surface area contributed by atoms with E-state index in [1.807, 2.05) is 30.8 Å². The number of pyridine rings is 1. The molecule has 254 valence electrons. The fraction of sp³-hybridized carbons (Fsp3) is 0.306. The number of nitrogens with zero attached hydrogens (tertiary/aromatic N) is 5. The van der Waals surface area contributed by atoms with Crippen LogP contribution in [0.1, 0.15) is 47.7 Å². The van der Waals surface area contributed by atoms with Gasteiger partial charge in [-0.25, -0.2) is 4.98 Å². The number of aryl methyl sites for hydroxylation is 2. The summed E-state index contributed by atoms with van der Waals surface area (Å²) in [6, 6.07) is 14.1. The number of fused-ring (bicyclic) bond motifs is 1. The molecule has 5 aromatic rings. The first kappa shape index (κ1) is 33.4. The molecule has 1 aliphatic heterocycles. The maximum absolute atomic E-state index is 14.3. The molecule has 0 spiro atoms. The minimum atomic E-state index is -4.64. The van der Waals surface area contributed by atoms with Crippen molar-refractivity contribution in [3.63, 3.8) is 0 Å². The zero-order valence-corrected chi connectivity index (χ0v) is 27.3. The van der Waals surface area contributed by atoms with Gasteiger partial charge in [-0.1, -0.05) is 13.0 Å². The molecule has 0 radical (unpaired) electrons. The van der Waals surface area contributed by atoms with Gasteiger partial charge in [0.05, 0.1) is 11.1 Å². The fourth-order valence-electron chi connectivity index (χ4n) is 5.89. The number of carbonyl (C=O) groups is 2. The van der Waals surface area contributed by atoms with Crippen LogP contribution in [-0.2, 0) is 18.0 Å². The van der Waals surface area contributed by atoms with E-state index in [-0.39, 0.29) is 34.6 Å². The van der Waals surface area contributed by atoms with Crippen molar-refractivity contribution in [3.05, 3.63) is 89.9 Å². The van der Waals surface area contributed by atoms with E-state index in [2.05, 4.69) is 25.6 Å². The molecule has 10 nitrogen and oxygen atoms in total. The molecule has 0 saturated carbocycles. The Hall–Kier alpha value is -5.46. The largest absolute Gasteiger partial charge is 0.437 e. The number of piperidine rings is 1. The Morgan fingerprint density at radius 1 is 1.00 bits per heavy atom. The second-order valence-electron chi connectivity index (χ2n) is 12.1. The second-order valence-corrected chi connectivity index (χ2v) is 12.1. The van der Waals surface area contributed by atoms with Gasteiger partial charge in [0, 0.05) is 74.2 Å². The van der Waals surface area contributed by atoms with Crippen molar-refractivity contribution in [2.75, 3.05) is 29.9 Å². The number of halogens is 3. The number of hydrogen-bond acceptors (Lipinski definition) is 7. The van der Waals surface area contributed by atoms with Gasteiger partial charge < -0.3 is 24.8 Å². The average Bonchev–Trinajstić information content (AvgIpc) is 3.48. The summed E-state index contributed by atoms with van der Waals surface area (Å²) in [4.78, 5) is 40.1. The van der Waals surface area contributed by atoms with Gasteiger partial charge in [-0.2, -0.15) is 18.2 Å². The van der Waals surface area contributed by atoms with Crippen LogP contribution in [0, 0.1) is 12.8 Å². The summed E-state index contributed by atoms with van der Waals surface area (Å²) in [5.41, 5.74) is 2.25. The highest BCUT2D eigenvalue weighted by Gasteiger charge is 2.36. The Morgan fingerprint density at radius 3 is 2.47 bits per heavy atom. The third-order valence-corrected chi connectivity index (χ3v) is 8.71. The molecule has 0 aliphatic carbocycles. The predicted octanol–water partition coefficient (Wildman–Crippen LogP) is 7.14. The highest BCUT2D eigenvalue weighted by molar-refractivity contribution is 6.04. The Labute approximate surface area is 281 Å². The van der Waals surface area contributed by atoms with E-state index in [4.69, 9.17) is 4.74 Å². The maximum atomic E-state index is 14.3. The Bertz CT molecular complexity index is 1990. The third kappa shape index (κ3) is 7.50. The molecule has 0 atom stereocenters. The van der Waals surface area contributed by atoms with Crippen molar-refractivity contribution in [2.24, 2.45) is 13.0 Å². The first-order valence-electron chi connectivity index (χ1n) is 16.1. The second kappa shape index (κ2) is 14.0. The molecular weight excluding hydrogens is 635 g/mol. The zero-order valence-electron chi connectivity index (χ0n) is 27.3. The number of rotatable bonds is 9. The van der Waals surface area contributed by atoms with E-state index >= 15 is 0 Å². The first-order valence-corrected chi connectivity index (χ1v) is 16.1. The summed E-state index contributed by atoms with van der Waals surface area (Å²) in [6.07, 6.45) is 2.21. The van der Waals surface area contributed by atoms with Gasteiger partial charge in [-0.05, 0) is 79.8 Å². The van der Waals surface area contributed by atoms with Crippen molar-refractivity contribution in [1.29, 1.82) is 0 Å². The summed E-state index contributed by atoms with van der Waals surface area (Å²) in [7, 11) is 1.85. The van der Waals surface area contributed by atoms with Crippen molar-refractivity contribution in [1.82, 2.24) is 24.8 Å². The summed E-state index contributed by atoms with van der Waals surface area (Å²) in [5.74, 6) is 0.660. The van der Waals surface area contributed by atoms with Gasteiger partial charge in [-0.15, -0.1) is 0 Å². The van der Waals surface area contributed by atoms with Gasteiger partial charge in [0.25, 0.3) is 5.91 Å². The highest BCUT2D eigenvalue weighted by Crippen LogP contribution is 2.40. The number of nitrogens with one attached hydrogen (secondary N) is 2. The number of ether oxygens (including phenoxy) is 1. The fourth-order valence-corrected chi connectivity index (χ4v) is 5.89. The average molecular weight is 672 g/mol. The molecule has 1 saturated heterocycles. The Balaban J connectivity index is 1.21. The molecule has 49 heavy (non-hydrogen) atoms. The van der Waals surface area contributed by atoms with Crippen LogP contribution in [0.4, 0.5) is 24.5 Å². The van der Waals surface area contributed by atoms with E-state index in [0.717, 1.165) is 17.2 Å². The highest BCUT2D eigenvalue weighted by atomic mass is 19.4. The van der Waals surface area contributed by atoms with Gasteiger partial charge in [0.2, 0.25) is 11.8 Å². The lowest BCUT2D eigenvalue weighted by Gasteiger charge is -2.35. The molecule has 2 amide bonds. The molecule has 0 unspecified atom stereocenters. The first-order chi connectivity index (χ1) is 23.5. The quantitative estimate of drug-likeness (QED) is 0.171. The molecule has 6 rings (SSSR count). The standard InChI is InChI=1S/C36H36F3N7O3/c1-4-31(47)41-21-23-11-17-46(18-12-23)29-8-7-26(20-27(29)36(37,38)39)42-34(48)25-6-5-22(2)30(19-25)49-35-32-28(13-16-45(32)3)43-33(44-35)24-9-14-40-15-10-24/h5-10,13-16,19-20,23H,4,11-12,17-18,21H2,1-3H3,(H,41,47)(H,42,48). The van der Waals surface area contributed by atoms with Crippen LogP contribution in [-0.4, -0.2) is 51.0 Å². The summed E-state index contributed by atoms with van der Waals surface area (Å²) < 4.78 is 51.1. The van der Waals surface area contributed by atoms with Gasteiger partial charge in [-0.3, -0.25) is 14.6 Å². The van der Waals surface area contributed by atoms with Gasteiger partial charge in [0.15, 0.2) is 5.82 Å². The van der Waals surface area contributed by atoms with Crippen LogP contribution < -0.4 is 20.3 Å². The number of alkyl halides is 3. The van der Waals surface area contributed by atoms with Crippen LogP contribution >= 0.6 is 0 Å². The van der Waals surface area contributed by atoms with E-state index in [9.17, 15) is 22.8 Å². The molecule has 1 aliphatic rings.